The van der Waals surface area contributed by atoms with Crippen LogP contribution >= 0.6 is 0 Å². The van der Waals surface area contributed by atoms with Crippen molar-refractivity contribution in [2.24, 2.45) is 0 Å². The molecule has 0 unspecified atom stereocenters. The summed E-state index contributed by atoms with van der Waals surface area (Å²) in [5.74, 6) is 0.0959. The second-order valence-electron chi connectivity index (χ2n) is 6.41. The fraction of sp³-hybridized carbons (Fsp3) is 0.250. The van der Waals surface area contributed by atoms with Crippen molar-refractivity contribution in [3.8, 4) is 0 Å². The third-order valence-electron chi connectivity index (χ3n) is 4.98. The van der Waals surface area contributed by atoms with E-state index in [-0.39, 0.29) is 23.5 Å². The van der Waals surface area contributed by atoms with E-state index in [1.54, 1.807) is 18.6 Å². The van der Waals surface area contributed by atoms with Gasteiger partial charge in [0.1, 0.15) is 11.6 Å². The van der Waals surface area contributed by atoms with E-state index in [1.807, 2.05) is 24.4 Å². The first-order valence-electron chi connectivity index (χ1n) is 8.20. The van der Waals surface area contributed by atoms with Gasteiger partial charge in [0.2, 0.25) is 0 Å². The molecule has 2 aromatic carbocycles. The minimum absolute atomic E-state index is 0.185. The summed E-state index contributed by atoms with van der Waals surface area (Å²) < 4.78 is 28.9. The Hall–Kier alpha value is -2.49. The Morgan fingerprint density at radius 1 is 1.04 bits per heavy atom. The molecule has 0 saturated heterocycles. The van der Waals surface area contributed by atoms with Crippen molar-refractivity contribution in [1.82, 2.24) is 9.55 Å². The van der Waals surface area contributed by atoms with E-state index in [1.165, 1.54) is 23.8 Å². The molecule has 4 heteroatoms. The number of halogens is 2. The molecule has 1 heterocycles. The van der Waals surface area contributed by atoms with E-state index in [9.17, 15) is 8.78 Å². The Morgan fingerprint density at radius 2 is 1.83 bits per heavy atom. The Bertz CT molecular complexity index is 825. The zero-order chi connectivity index (χ0) is 16.5. The van der Waals surface area contributed by atoms with E-state index < -0.39 is 0 Å². The predicted molar refractivity (Wildman–Crippen MR) is 88.8 cm³/mol. The molecule has 0 spiro atoms. The minimum Gasteiger partial charge on any atom is -0.337 e. The normalized spacial score (nSPS) is 19.9. The highest BCUT2D eigenvalue weighted by Crippen LogP contribution is 2.43. The van der Waals surface area contributed by atoms with Gasteiger partial charge in [-0.2, -0.15) is 0 Å². The second-order valence-corrected chi connectivity index (χ2v) is 6.41. The number of aryl methyl sites for hydroxylation is 1. The van der Waals surface area contributed by atoms with Crippen molar-refractivity contribution < 1.29 is 8.78 Å². The highest BCUT2D eigenvalue weighted by Gasteiger charge is 2.31. The van der Waals surface area contributed by atoms with Crippen LogP contribution in [-0.2, 0) is 13.0 Å². The molecular formula is C20H18F2N2. The van der Waals surface area contributed by atoms with Crippen LogP contribution in [0.5, 0.6) is 0 Å². The van der Waals surface area contributed by atoms with E-state index in [4.69, 9.17) is 0 Å². The zero-order valence-electron chi connectivity index (χ0n) is 13.2. The molecular weight excluding hydrogens is 306 g/mol. The molecule has 0 radical (unpaired) electrons. The molecule has 1 aromatic heterocycles. The van der Waals surface area contributed by atoms with Crippen LogP contribution in [0.2, 0.25) is 0 Å². The molecule has 0 fully saturated rings. The van der Waals surface area contributed by atoms with Crippen LogP contribution < -0.4 is 0 Å². The Kier molecular flexibility index (Phi) is 3.89. The largest absolute Gasteiger partial charge is 0.337 e. The SMILES string of the molecule is Fc1ccc([C@@H]2CCc3cc(F)ccc3[C@@H]2Cn2ccnc2)cc1. The Labute approximate surface area is 139 Å². The topological polar surface area (TPSA) is 17.8 Å². The Balaban J connectivity index is 1.75. The van der Waals surface area contributed by atoms with Crippen LogP contribution in [-0.4, -0.2) is 9.55 Å². The third-order valence-corrected chi connectivity index (χ3v) is 4.98. The molecule has 2 nitrogen and oxygen atoms in total. The van der Waals surface area contributed by atoms with Crippen molar-refractivity contribution in [1.29, 1.82) is 0 Å². The van der Waals surface area contributed by atoms with Crippen LogP contribution in [0.3, 0.4) is 0 Å². The summed E-state index contributed by atoms with van der Waals surface area (Å²) in [6, 6.07) is 11.9. The number of fused-ring (bicyclic) bond motifs is 1. The summed E-state index contributed by atoms with van der Waals surface area (Å²) in [4.78, 5) is 4.12. The van der Waals surface area contributed by atoms with Gasteiger partial charge in [-0.1, -0.05) is 18.2 Å². The van der Waals surface area contributed by atoms with Crippen molar-refractivity contribution >= 4 is 0 Å². The minimum atomic E-state index is -0.219. The maximum Gasteiger partial charge on any atom is 0.123 e. The second kappa shape index (κ2) is 6.19. The van der Waals surface area contributed by atoms with Gasteiger partial charge in [-0.3, -0.25) is 0 Å². The lowest BCUT2D eigenvalue weighted by Crippen LogP contribution is -2.23. The van der Waals surface area contributed by atoms with Gasteiger partial charge < -0.3 is 4.57 Å². The quantitative estimate of drug-likeness (QED) is 0.684. The monoisotopic (exact) mass is 324 g/mol. The van der Waals surface area contributed by atoms with E-state index in [0.29, 0.717) is 0 Å². The van der Waals surface area contributed by atoms with Gasteiger partial charge in [0.15, 0.2) is 0 Å². The maximum absolute atomic E-state index is 13.6. The number of hydrogen-bond acceptors (Lipinski definition) is 1. The van der Waals surface area contributed by atoms with Gasteiger partial charge in [-0.15, -0.1) is 0 Å². The van der Waals surface area contributed by atoms with Gasteiger partial charge in [0.05, 0.1) is 6.33 Å². The highest BCUT2D eigenvalue weighted by atomic mass is 19.1. The van der Waals surface area contributed by atoms with Gasteiger partial charge in [0, 0.05) is 24.9 Å². The fourth-order valence-corrected chi connectivity index (χ4v) is 3.84. The number of hydrogen-bond donors (Lipinski definition) is 0. The predicted octanol–water partition coefficient (Wildman–Crippen LogP) is 4.68. The molecule has 0 bridgehead atoms. The van der Waals surface area contributed by atoms with Crippen LogP contribution in [0.1, 0.15) is 34.9 Å². The number of nitrogens with zero attached hydrogens (tertiary/aromatic N) is 2. The van der Waals surface area contributed by atoms with E-state index in [2.05, 4.69) is 9.55 Å². The average molecular weight is 324 g/mol. The summed E-state index contributed by atoms with van der Waals surface area (Å²) >= 11 is 0. The first kappa shape index (κ1) is 15.1. The summed E-state index contributed by atoms with van der Waals surface area (Å²) in [7, 11) is 0. The summed E-state index contributed by atoms with van der Waals surface area (Å²) in [6.45, 7) is 0.778. The van der Waals surface area contributed by atoms with E-state index in [0.717, 1.165) is 30.5 Å². The number of imidazole rings is 1. The first-order chi connectivity index (χ1) is 11.7. The van der Waals surface area contributed by atoms with Crippen molar-refractivity contribution in [3.63, 3.8) is 0 Å². The van der Waals surface area contributed by atoms with Crippen LogP contribution in [0.25, 0.3) is 0 Å². The molecule has 0 saturated carbocycles. The smallest absolute Gasteiger partial charge is 0.123 e. The van der Waals surface area contributed by atoms with Crippen LogP contribution in [0, 0.1) is 11.6 Å². The molecule has 122 valence electrons. The summed E-state index contributed by atoms with van der Waals surface area (Å²) in [5.41, 5.74) is 3.40. The summed E-state index contributed by atoms with van der Waals surface area (Å²) in [6.07, 6.45) is 7.29. The highest BCUT2D eigenvalue weighted by molar-refractivity contribution is 5.38. The molecule has 2 atom stereocenters. The van der Waals surface area contributed by atoms with Crippen LogP contribution in [0.15, 0.2) is 61.2 Å². The molecule has 1 aliphatic rings. The standard InChI is InChI=1S/C20H18F2N2/c21-16-4-1-14(2-5-16)18-7-3-15-11-17(22)6-8-19(15)20(18)12-24-10-9-23-13-24/h1-2,4-6,8-11,13,18,20H,3,7,12H2/t18-,20+/m0/s1. The van der Waals surface area contributed by atoms with Crippen LogP contribution in [0.4, 0.5) is 8.78 Å². The van der Waals surface area contributed by atoms with Crippen molar-refractivity contribution in [2.45, 2.75) is 31.2 Å². The molecule has 24 heavy (non-hydrogen) atoms. The lowest BCUT2D eigenvalue weighted by molar-refractivity contribution is 0.421. The lowest BCUT2D eigenvalue weighted by Gasteiger charge is -2.34. The number of aromatic nitrogens is 2. The van der Waals surface area contributed by atoms with Gasteiger partial charge in [-0.05, 0) is 59.7 Å². The van der Waals surface area contributed by atoms with Crippen molar-refractivity contribution in [2.75, 3.05) is 0 Å². The average Bonchev–Trinajstić information content (AvgIpc) is 3.09. The molecule has 0 N–H and O–H groups in total. The Morgan fingerprint density at radius 3 is 2.58 bits per heavy atom. The number of benzene rings is 2. The molecule has 0 amide bonds. The van der Waals surface area contributed by atoms with Crippen molar-refractivity contribution in [3.05, 3.63) is 89.5 Å². The van der Waals surface area contributed by atoms with Gasteiger partial charge in [-0.25, -0.2) is 13.8 Å². The maximum atomic E-state index is 13.6. The zero-order valence-corrected chi connectivity index (χ0v) is 13.2. The molecule has 0 aliphatic heterocycles. The first-order valence-corrected chi connectivity index (χ1v) is 8.20. The number of rotatable bonds is 3. The van der Waals surface area contributed by atoms with Gasteiger partial charge in [0.25, 0.3) is 0 Å². The molecule has 4 rings (SSSR count). The van der Waals surface area contributed by atoms with E-state index >= 15 is 0 Å². The molecule has 3 aromatic rings. The molecule has 1 aliphatic carbocycles. The fourth-order valence-electron chi connectivity index (χ4n) is 3.84. The third kappa shape index (κ3) is 2.84. The lowest BCUT2D eigenvalue weighted by atomic mass is 9.72. The van der Waals surface area contributed by atoms with Gasteiger partial charge >= 0.3 is 0 Å². The summed E-state index contributed by atoms with van der Waals surface area (Å²) in [5, 5.41) is 0.